The van der Waals surface area contributed by atoms with E-state index in [0.29, 0.717) is 0 Å². The van der Waals surface area contributed by atoms with Crippen LogP contribution in [0.1, 0.15) is 18.5 Å². The lowest BCUT2D eigenvalue weighted by molar-refractivity contribution is 0.483. The lowest BCUT2D eigenvalue weighted by Crippen LogP contribution is -2.12. The summed E-state index contributed by atoms with van der Waals surface area (Å²) in [6, 6.07) is 4.10. The van der Waals surface area contributed by atoms with Gasteiger partial charge in [0.15, 0.2) is 0 Å². The number of aromatic nitrogens is 2. The topological polar surface area (TPSA) is 17.3 Å². The Morgan fingerprint density at radius 1 is 1.29 bits per heavy atom. The van der Waals surface area contributed by atoms with Gasteiger partial charge < -0.3 is 4.40 Å². The Hall–Kier alpha value is -0.480. The zero-order valence-corrected chi connectivity index (χ0v) is 12.0. The normalized spacial score (nSPS) is 17.7. The number of halogens is 1. The van der Waals surface area contributed by atoms with Crippen LogP contribution in [0.5, 0.6) is 0 Å². The van der Waals surface area contributed by atoms with E-state index in [1.54, 1.807) is 0 Å². The molecule has 1 saturated heterocycles. The van der Waals surface area contributed by atoms with Crippen molar-refractivity contribution in [2.45, 2.75) is 19.3 Å². The predicted octanol–water partition coefficient (Wildman–Crippen LogP) is 3.78. The molecule has 4 heteroatoms. The van der Waals surface area contributed by atoms with Crippen LogP contribution >= 0.6 is 27.7 Å². The molecule has 0 radical (unpaired) electrons. The Labute approximate surface area is 114 Å². The van der Waals surface area contributed by atoms with Gasteiger partial charge in [0.25, 0.3) is 0 Å². The first kappa shape index (κ1) is 11.6. The summed E-state index contributed by atoms with van der Waals surface area (Å²) in [7, 11) is 0. The van der Waals surface area contributed by atoms with E-state index in [9.17, 15) is 0 Å². The van der Waals surface area contributed by atoms with Gasteiger partial charge in [-0.3, -0.25) is 0 Å². The third-order valence-corrected chi connectivity index (χ3v) is 4.82. The van der Waals surface area contributed by atoms with Crippen molar-refractivity contribution < 1.29 is 0 Å². The number of pyridine rings is 1. The SMILES string of the molecule is Brc1ccc2nc(CC3CCSCC3)cn2c1. The van der Waals surface area contributed by atoms with E-state index in [1.165, 1.54) is 30.0 Å². The van der Waals surface area contributed by atoms with Crippen molar-refractivity contribution in [2.24, 2.45) is 5.92 Å². The standard InChI is InChI=1S/C13H15BrN2S/c14-11-1-2-13-15-12(9-16(13)8-11)7-10-3-5-17-6-4-10/h1-2,8-10H,3-7H2. The average Bonchev–Trinajstić information content (AvgIpc) is 2.71. The molecule has 1 aliphatic rings. The van der Waals surface area contributed by atoms with Crippen molar-refractivity contribution in [2.75, 3.05) is 11.5 Å². The molecule has 0 aromatic carbocycles. The summed E-state index contributed by atoms with van der Waals surface area (Å²) in [5.74, 6) is 3.48. The Morgan fingerprint density at radius 3 is 2.94 bits per heavy atom. The van der Waals surface area contributed by atoms with E-state index >= 15 is 0 Å². The number of thioether (sulfide) groups is 1. The third-order valence-electron chi connectivity index (χ3n) is 3.30. The van der Waals surface area contributed by atoms with Gasteiger partial charge in [-0.2, -0.15) is 11.8 Å². The number of fused-ring (bicyclic) bond motifs is 1. The second-order valence-corrected chi connectivity index (χ2v) is 6.75. The fourth-order valence-corrected chi connectivity index (χ4v) is 3.92. The lowest BCUT2D eigenvalue weighted by atomic mass is 9.97. The summed E-state index contributed by atoms with van der Waals surface area (Å²) in [4.78, 5) is 4.68. The van der Waals surface area contributed by atoms with Crippen molar-refractivity contribution in [1.29, 1.82) is 0 Å². The van der Waals surface area contributed by atoms with Gasteiger partial charge in [0.1, 0.15) is 5.65 Å². The van der Waals surface area contributed by atoms with Crippen LogP contribution in [0.15, 0.2) is 29.0 Å². The molecule has 0 bridgehead atoms. The fourth-order valence-electron chi connectivity index (χ4n) is 2.36. The zero-order chi connectivity index (χ0) is 11.7. The minimum absolute atomic E-state index is 0.838. The molecular formula is C13H15BrN2S. The largest absolute Gasteiger partial charge is 0.306 e. The van der Waals surface area contributed by atoms with Gasteiger partial charge in [0.05, 0.1) is 5.69 Å². The summed E-state index contributed by atoms with van der Waals surface area (Å²) < 4.78 is 3.21. The predicted molar refractivity (Wildman–Crippen MR) is 76.6 cm³/mol. The molecule has 0 spiro atoms. The molecule has 1 fully saturated rings. The van der Waals surface area contributed by atoms with Gasteiger partial charge in [0.2, 0.25) is 0 Å². The molecule has 0 atom stereocenters. The molecule has 2 aromatic heterocycles. The Bertz CT molecular complexity index is 517. The van der Waals surface area contributed by atoms with Gasteiger partial charge >= 0.3 is 0 Å². The maximum absolute atomic E-state index is 4.68. The minimum atomic E-state index is 0.838. The van der Waals surface area contributed by atoms with E-state index in [1.807, 2.05) is 6.07 Å². The van der Waals surface area contributed by atoms with E-state index in [0.717, 1.165) is 22.5 Å². The molecule has 0 unspecified atom stereocenters. The maximum atomic E-state index is 4.68. The van der Waals surface area contributed by atoms with Gasteiger partial charge in [0, 0.05) is 16.9 Å². The molecule has 0 N–H and O–H groups in total. The van der Waals surface area contributed by atoms with Gasteiger partial charge in [-0.25, -0.2) is 4.98 Å². The average molecular weight is 311 g/mol. The summed E-state index contributed by atoms with van der Waals surface area (Å²) in [5, 5.41) is 0. The van der Waals surface area contributed by atoms with E-state index in [2.05, 4.69) is 55.5 Å². The summed E-state index contributed by atoms with van der Waals surface area (Å²) in [6.07, 6.45) is 8.08. The van der Waals surface area contributed by atoms with E-state index in [-0.39, 0.29) is 0 Å². The summed E-state index contributed by atoms with van der Waals surface area (Å²) in [6.45, 7) is 0. The van der Waals surface area contributed by atoms with Gasteiger partial charge in [-0.1, -0.05) is 0 Å². The molecule has 0 amide bonds. The van der Waals surface area contributed by atoms with Crippen LogP contribution in [-0.2, 0) is 6.42 Å². The fraction of sp³-hybridized carbons (Fsp3) is 0.462. The first-order valence-electron chi connectivity index (χ1n) is 6.02. The highest BCUT2D eigenvalue weighted by atomic mass is 79.9. The Balaban J connectivity index is 1.80. The van der Waals surface area contributed by atoms with Crippen LogP contribution in [0.3, 0.4) is 0 Å². The molecule has 1 aliphatic heterocycles. The molecule has 0 aliphatic carbocycles. The smallest absolute Gasteiger partial charge is 0.137 e. The van der Waals surface area contributed by atoms with E-state index < -0.39 is 0 Å². The van der Waals surface area contributed by atoms with E-state index in [4.69, 9.17) is 0 Å². The van der Waals surface area contributed by atoms with Crippen LogP contribution in [0.25, 0.3) is 5.65 Å². The summed E-state index contributed by atoms with van der Waals surface area (Å²) >= 11 is 5.57. The number of imidazole rings is 1. The third kappa shape index (κ3) is 2.68. The van der Waals surface area contributed by atoms with Crippen molar-refractivity contribution in [3.05, 3.63) is 34.7 Å². The molecule has 17 heavy (non-hydrogen) atoms. The van der Waals surface area contributed by atoms with Crippen LogP contribution < -0.4 is 0 Å². The number of rotatable bonds is 2. The highest BCUT2D eigenvalue weighted by molar-refractivity contribution is 9.10. The number of nitrogens with zero attached hydrogens (tertiary/aromatic N) is 2. The van der Waals surface area contributed by atoms with Crippen LogP contribution in [0.4, 0.5) is 0 Å². The maximum Gasteiger partial charge on any atom is 0.137 e. The Morgan fingerprint density at radius 2 is 2.12 bits per heavy atom. The first-order valence-corrected chi connectivity index (χ1v) is 7.97. The highest BCUT2D eigenvalue weighted by Gasteiger charge is 2.15. The molecule has 3 heterocycles. The monoisotopic (exact) mass is 310 g/mol. The van der Waals surface area contributed by atoms with Gasteiger partial charge in [-0.05, 0) is 64.7 Å². The highest BCUT2D eigenvalue weighted by Crippen LogP contribution is 2.25. The molecule has 0 saturated carbocycles. The molecule has 2 aromatic rings. The van der Waals surface area contributed by atoms with Crippen molar-refractivity contribution in [3.8, 4) is 0 Å². The van der Waals surface area contributed by atoms with Gasteiger partial charge in [-0.15, -0.1) is 0 Å². The minimum Gasteiger partial charge on any atom is -0.306 e. The molecule has 3 rings (SSSR count). The quantitative estimate of drug-likeness (QED) is 0.839. The van der Waals surface area contributed by atoms with Crippen LogP contribution in [0, 0.1) is 5.92 Å². The van der Waals surface area contributed by atoms with Crippen LogP contribution in [0.2, 0.25) is 0 Å². The molecule has 90 valence electrons. The second kappa shape index (κ2) is 5.02. The molecular weight excluding hydrogens is 296 g/mol. The second-order valence-electron chi connectivity index (χ2n) is 4.60. The van der Waals surface area contributed by atoms with Crippen molar-refractivity contribution in [3.63, 3.8) is 0 Å². The zero-order valence-electron chi connectivity index (χ0n) is 9.60. The molecule has 2 nitrogen and oxygen atoms in total. The van der Waals surface area contributed by atoms with Crippen LogP contribution in [-0.4, -0.2) is 20.9 Å². The number of hydrogen-bond donors (Lipinski definition) is 0. The Kier molecular flexibility index (Phi) is 3.43. The van der Waals surface area contributed by atoms with Crippen molar-refractivity contribution in [1.82, 2.24) is 9.38 Å². The summed E-state index contributed by atoms with van der Waals surface area (Å²) in [5.41, 5.74) is 2.29. The van der Waals surface area contributed by atoms with Crippen molar-refractivity contribution >= 4 is 33.3 Å². The lowest BCUT2D eigenvalue weighted by Gasteiger charge is -2.19. The first-order chi connectivity index (χ1) is 8.31. The number of hydrogen-bond acceptors (Lipinski definition) is 2.